The third-order valence-electron chi connectivity index (χ3n) is 5.42. The molecule has 2 heterocycles. The van der Waals surface area contributed by atoms with Gasteiger partial charge in [0.05, 0.1) is 17.8 Å². The molecule has 33 heavy (non-hydrogen) atoms. The van der Waals surface area contributed by atoms with Crippen molar-refractivity contribution in [2.75, 3.05) is 11.9 Å². The van der Waals surface area contributed by atoms with Gasteiger partial charge in [-0.25, -0.2) is 17.4 Å². The number of rotatable bonds is 6. The summed E-state index contributed by atoms with van der Waals surface area (Å²) in [5.41, 5.74) is 1.50. The number of amides is 3. The van der Waals surface area contributed by atoms with Crippen molar-refractivity contribution in [2.45, 2.75) is 23.8 Å². The standard InChI is InChI=1S/C22H19N5O5S/c28-20(25-15-3-5-16(6-4-15)26-11-1-10-24-26)13-23-21(29)14-2-9-18-19(12-14)33(31,32)27(22(18)30)17-7-8-17/h1-6,9-12,17H,7-8,13H2,(H,23,29)(H,25,28). The van der Waals surface area contributed by atoms with Crippen LogP contribution in [0.3, 0.4) is 0 Å². The number of hydrogen-bond donors (Lipinski definition) is 2. The minimum Gasteiger partial charge on any atom is -0.343 e. The lowest BCUT2D eigenvalue weighted by Crippen LogP contribution is -2.33. The Morgan fingerprint density at radius 3 is 2.52 bits per heavy atom. The molecule has 1 aliphatic heterocycles. The zero-order valence-corrected chi connectivity index (χ0v) is 18.1. The highest BCUT2D eigenvalue weighted by atomic mass is 32.2. The molecule has 0 spiro atoms. The average molecular weight is 465 g/mol. The fraction of sp³-hybridized carbons (Fsp3) is 0.182. The summed E-state index contributed by atoms with van der Waals surface area (Å²) in [7, 11) is -3.96. The topological polar surface area (TPSA) is 130 Å². The van der Waals surface area contributed by atoms with Crippen LogP contribution in [0.1, 0.15) is 33.6 Å². The molecule has 10 nitrogen and oxygen atoms in total. The number of sulfonamides is 1. The Kier molecular flexibility index (Phi) is 4.97. The van der Waals surface area contributed by atoms with Crippen molar-refractivity contribution < 1.29 is 22.8 Å². The molecule has 1 fully saturated rings. The zero-order chi connectivity index (χ0) is 23.2. The van der Waals surface area contributed by atoms with Crippen LogP contribution >= 0.6 is 0 Å². The number of nitrogens with zero attached hydrogens (tertiary/aromatic N) is 3. The van der Waals surface area contributed by atoms with E-state index in [9.17, 15) is 22.8 Å². The van der Waals surface area contributed by atoms with Crippen LogP contribution in [0.15, 0.2) is 65.8 Å². The quantitative estimate of drug-likeness (QED) is 0.568. The summed E-state index contributed by atoms with van der Waals surface area (Å²) in [4.78, 5) is 37.0. The van der Waals surface area contributed by atoms with Gasteiger partial charge in [-0.2, -0.15) is 5.10 Å². The second kappa shape index (κ2) is 7.85. The minimum absolute atomic E-state index is 0.0548. The molecule has 0 saturated heterocycles. The first-order chi connectivity index (χ1) is 15.8. The van der Waals surface area contributed by atoms with Crippen molar-refractivity contribution in [3.63, 3.8) is 0 Å². The van der Waals surface area contributed by atoms with Crippen LogP contribution in [0.2, 0.25) is 0 Å². The van der Waals surface area contributed by atoms with Crippen LogP contribution in [-0.4, -0.2) is 52.8 Å². The molecule has 2 N–H and O–H groups in total. The number of fused-ring (bicyclic) bond motifs is 1. The van der Waals surface area contributed by atoms with E-state index < -0.39 is 27.7 Å². The lowest BCUT2D eigenvalue weighted by molar-refractivity contribution is -0.115. The SMILES string of the molecule is O=C(CNC(=O)c1ccc2c(c1)S(=O)(=O)N(C1CC1)C2=O)Nc1ccc(-n2cccn2)cc1. The third kappa shape index (κ3) is 3.87. The van der Waals surface area contributed by atoms with Gasteiger partial charge in [0.15, 0.2) is 0 Å². The number of anilines is 1. The van der Waals surface area contributed by atoms with Gasteiger partial charge < -0.3 is 10.6 Å². The zero-order valence-electron chi connectivity index (χ0n) is 17.3. The highest BCUT2D eigenvalue weighted by Crippen LogP contribution is 2.39. The summed E-state index contributed by atoms with van der Waals surface area (Å²) in [6, 6.07) is 12.4. The first-order valence-electron chi connectivity index (χ1n) is 10.3. The first kappa shape index (κ1) is 20.9. The first-order valence-corrected chi connectivity index (χ1v) is 11.7. The maximum Gasteiger partial charge on any atom is 0.269 e. The normalized spacial score (nSPS) is 16.4. The summed E-state index contributed by atoms with van der Waals surface area (Å²) >= 11 is 0. The van der Waals surface area contributed by atoms with Gasteiger partial charge in [0.2, 0.25) is 5.91 Å². The van der Waals surface area contributed by atoms with Crippen molar-refractivity contribution in [2.24, 2.45) is 0 Å². The summed E-state index contributed by atoms with van der Waals surface area (Å²) in [6.07, 6.45) is 4.75. The van der Waals surface area contributed by atoms with E-state index >= 15 is 0 Å². The van der Waals surface area contributed by atoms with Gasteiger partial charge in [0.1, 0.15) is 4.90 Å². The van der Waals surface area contributed by atoms with E-state index in [1.54, 1.807) is 47.4 Å². The number of aromatic nitrogens is 2. The molecule has 1 aliphatic carbocycles. The van der Waals surface area contributed by atoms with Crippen molar-refractivity contribution in [1.82, 2.24) is 19.4 Å². The van der Waals surface area contributed by atoms with Crippen LogP contribution in [0.4, 0.5) is 5.69 Å². The van der Waals surface area contributed by atoms with Gasteiger partial charge in [0, 0.05) is 29.7 Å². The minimum atomic E-state index is -3.96. The number of hydrogen-bond acceptors (Lipinski definition) is 6. The predicted molar refractivity (Wildman–Crippen MR) is 117 cm³/mol. The molecule has 0 radical (unpaired) electrons. The molecule has 168 valence electrons. The lowest BCUT2D eigenvalue weighted by Gasteiger charge is -2.13. The van der Waals surface area contributed by atoms with Gasteiger partial charge in [-0.3, -0.25) is 14.4 Å². The van der Waals surface area contributed by atoms with Crippen molar-refractivity contribution in [3.05, 3.63) is 72.1 Å². The average Bonchev–Trinajstić information content (AvgIpc) is 3.42. The molecular formula is C22H19N5O5S. The lowest BCUT2D eigenvalue weighted by atomic mass is 10.1. The second-order valence-corrected chi connectivity index (χ2v) is 9.56. The van der Waals surface area contributed by atoms with E-state index in [-0.39, 0.29) is 28.6 Å². The van der Waals surface area contributed by atoms with Gasteiger partial charge >= 0.3 is 0 Å². The Morgan fingerprint density at radius 1 is 1.09 bits per heavy atom. The van der Waals surface area contributed by atoms with Gasteiger partial charge in [-0.15, -0.1) is 0 Å². The van der Waals surface area contributed by atoms with E-state index in [0.717, 1.165) is 9.99 Å². The molecule has 0 atom stereocenters. The molecule has 1 aromatic heterocycles. The number of benzene rings is 2. The maximum atomic E-state index is 12.7. The predicted octanol–water partition coefficient (Wildman–Crippen LogP) is 1.55. The van der Waals surface area contributed by atoms with Crippen molar-refractivity contribution >= 4 is 33.4 Å². The van der Waals surface area contributed by atoms with Crippen LogP contribution in [0, 0.1) is 0 Å². The molecule has 1 saturated carbocycles. The highest BCUT2D eigenvalue weighted by Gasteiger charge is 2.48. The molecular weight excluding hydrogens is 446 g/mol. The van der Waals surface area contributed by atoms with E-state index in [1.807, 2.05) is 0 Å². The van der Waals surface area contributed by atoms with E-state index in [1.165, 1.54) is 18.2 Å². The van der Waals surface area contributed by atoms with Crippen LogP contribution < -0.4 is 10.6 Å². The number of carbonyl (C=O) groups is 3. The molecule has 11 heteroatoms. The van der Waals surface area contributed by atoms with Crippen molar-refractivity contribution in [3.8, 4) is 5.69 Å². The second-order valence-electron chi connectivity index (χ2n) is 7.78. The molecule has 0 bridgehead atoms. The third-order valence-corrected chi connectivity index (χ3v) is 7.29. The Labute approximate surface area is 189 Å². The van der Waals surface area contributed by atoms with Crippen LogP contribution in [0.5, 0.6) is 0 Å². The largest absolute Gasteiger partial charge is 0.343 e. The molecule has 2 aromatic carbocycles. The van der Waals surface area contributed by atoms with E-state index in [4.69, 9.17) is 0 Å². The Bertz CT molecular complexity index is 1360. The van der Waals surface area contributed by atoms with Crippen LogP contribution in [-0.2, 0) is 14.8 Å². The smallest absolute Gasteiger partial charge is 0.269 e. The molecule has 0 unspecified atom stereocenters. The molecule has 5 rings (SSSR count). The van der Waals surface area contributed by atoms with Gasteiger partial charge in [0.25, 0.3) is 21.8 Å². The Balaban J connectivity index is 1.22. The monoisotopic (exact) mass is 465 g/mol. The molecule has 3 amide bonds. The Morgan fingerprint density at radius 2 is 1.85 bits per heavy atom. The van der Waals surface area contributed by atoms with Gasteiger partial charge in [-0.05, 0) is 61.4 Å². The molecule has 2 aliphatic rings. The van der Waals surface area contributed by atoms with E-state index in [2.05, 4.69) is 15.7 Å². The summed E-state index contributed by atoms with van der Waals surface area (Å²) in [5, 5.41) is 9.27. The fourth-order valence-electron chi connectivity index (χ4n) is 3.65. The van der Waals surface area contributed by atoms with E-state index in [0.29, 0.717) is 18.5 Å². The fourth-order valence-corrected chi connectivity index (χ4v) is 5.49. The number of carbonyl (C=O) groups excluding carboxylic acids is 3. The van der Waals surface area contributed by atoms with Crippen molar-refractivity contribution in [1.29, 1.82) is 0 Å². The Hall–Kier alpha value is -3.99. The summed E-state index contributed by atoms with van der Waals surface area (Å²) in [5.74, 6) is -1.62. The van der Waals surface area contributed by atoms with Crippen LogP contribution in [0.25, 0.3) is 5.69 Å². The van der Waals surface area contributed by atoms with Gasteiger partial charge in [-0.1, -0.05) is 0 Å². The highest BCUT2D eigenvalue weighted by molar-refractivity contribution is 7.90. The molecule has 3 aromatic rings. The summed E-state index contributed by atoms with van der Waals surface area (Å²) < 4.78 is 28.0. The number of nitrogens with one attached hydrogen (secondary N) is 2. The summed E-state index contributed by atoms with van der Waals surface area (Å²) in [6.45, 7) is -0.309. The maximum absolute atomic E-state index is 12.7.